The Morgan fingerprint density at radius 3 is 2.56 bits per heavy atom. The molecule has 0 aliphatic heterocycles. The van der Waals surface area contributed by atoms with Crippen LogP contribution in [0, 0.1) is 0 Å². The first-order valence-corrected chi connectivity index (χ1v) is 6.19. The number of rotatable bonds is 4. The highest BCUT2D eigenvalue weighted by atomic mass is 32.2. The van der Waals surface area contributed by atoms with Crippen molar-refractivity contribution in [1.82, 2.24) is 0 Å². The van der Waals surface area contributed by atoms with Gasteiger partial charge in [-0.1, -0.05) is 18.7 Å². The Balaban J connectivity index is 3.05. The second-order valence-electron chi connectivity index (χ2n) is 3.24. The van der Waals surface area contributed by atoms with Crippen LogP contribution in [0.15, 0.2) is 30.8 Å². The van der Waals surface area contributed by atoms with Crippen molar-refractivity contribution in [2.45, 2.75) is 0 Å². The van der Waals surface area contributed by atoms with Gasteiger partial charge in [-0.15, -0.1) is 0 Å². The van der Waals surface area contributed by atoms with Crippen molar-refractivity contribution in [3.05, 3.63) is 36.4 Å². The van der Waals surface area contributed by atoms with Crippen LogP contribution in [0.3, 0.4) is 0 Å². The van der Waals surface area contributed by atoms with Crippen LogP contribution in [0.1, 0.15) is 5.56 Å². The van der Waals surface area contributed by atoms with Crippen LogP contribution in [0.4, 0.5) is 5.69 Å². The number of hydrogen-bond donors (Lipinski definition) is 2. The van der Waals surface area contributed by atoms with Gasteiger partial charge >= 0.3 is 5.97 Å². The molecule has 6 heteroatoms. The Bertz CT molecular complexity index is 534. The van der Waals surface area contributed by atoms with Gasteiger partial charge in [0.05, 0.1) is 11.8 Å². The highest BCUT2D eigenvalue weighted by Crippen LogP contribution is 2.18. The Kier molecular flexibility index (Phi) is 3.34. The molecule has 0 unspecified atom stereocenters. The van der Waals surface area contributed by atoms with Crippen molar-refractivity contribution in [1.29, 1.82) is 0 Å². The minimum atomic E-state index is -3.37. The summed E-state index contributed by atoms with van der Waals surface area (Å²) in [5.74, 6) is -1.14. The monoisotopic (exact) mass is 241 g/mol. The second kappa shape index (κ2) is 4.36. The lowest BCUT2D eigenvalue weighted by Gasteiger charge is -2.06. The summed E-state index contributed by atoms with van der Waals surface area (Å²) in [6.07, 6.45) is 1.02. The molecule has 0 bridgehead atoms. The number of hydrogen-bond acceptors (Lipinski definition) is 3. The zero-order valence-electron chi connectivity index (χ0n) is 8.60. The van der Waals surface area contributed by atoms with Crippen molar-refractivity contribution in [2.24, 2.45) is 0 Å². The molecule has 1 rings (SSSR count). The molecule has 1 aromatic carbocycles. The molecule has 0 saturated heterocycles. The zero-order valence-corrected chi connectivity index (χ0v) is 9.41. The third kappa shape index (κ3) is 3.39. The maximum atomic E-state index is 11.0. The van der Waals surface area contributed by atoms with E-state index in [1.165, 1.54) is 12.1 Å². The smallest absolute Gasteiger partial charge is 0.335 e. The lowest BCUT2D eigenvalue weighted by molar-refractivity contribution is -0.130. The Labute approximate surface area is 93.5 Å². The van der Waals surface area contributed by atoms with Crippen molar-refractivity contribution in [2.75, 3.05) is 11.0 Å². The Hall–Kier alpha value is -1.82. The molecule has 0 atom stereocenters. The number of sulfonamides is 1. The summed E-state index contributed by atoms with van der Waals surface area (Å²) in [5, 5.41) is 8.72. The van der Waals surface area contributed by atoms with Crippen molar-refractivity contribution >= 4 is 27.3 Å². The minimum absolute atomic E-state index is 0.0860. The fourth-order valence-electron chi connectivity index (χ4n) is 1.11. The summed E-state index contributed by atoms with van der Waals surface area (Å²) in [6, 6.07) is 6.04. The molecule has 2 N–H and O–H groups in total. The molecule has 16 heavy (non-hydrogen) atoms. The summed E-state index contributed by atoms with van der Waals surface area (Å²) in [4.78, 5) is 10.7. The summed E-state index contributed by atoms with van der Waals surface area (Å²) >= 11 is 0. The number of aliphatic carboxylic acids is 1. The molecule has 0 aliphatic carbocycles. The van der Waals surface area contributed by atoms with Crippen molar-refractivity contribution < 1.29 is 18.3 Å². The summed E-state index contributed by atoms with van der Waals surface area (Å²) in [7, 11) is -3.37. The van der Waals surface area contributed by atoms with E-state index in [0.717, 1.165) is 6.26 Å². The summed E-state index contributed by atoms with van der Waals surface area (Å²) in [6.45, 7) is 3.39. The van der Waals surface area contributed by atoms with E-state index in [9.17, 15) is 13.2 Å². The number of anilines is 1. The second-order valence-corrected chi connectivity index (χ2v) is 4.99. The first-order valence-electron chi connectivity index (χ1n) is 4.30. The average molecular weight is 241 g/mol. The predicted molar refractivity (Wildman–Crippen MR) is 61.6 cm³/mol. The van der Waals surface area contributed by atoms with Crippen LogP contribution in [0.25, 0.3) is 5.57 Å². The molecule has 5 nitrogen and oxygen atoms in total. The molecule has 0 aliphatic rings. The number of nitrogens with one attached hydrogen (secondary N) is 1. The van der Waals surface area contributed by atoms with E-state index in [4.69, 9.17) is 5.11 Å². The average Bonchev–Trinajstić information content (AvgIpc) is 2.14. The molecule has 1 aromatic rings. The largest absolute Gasteiger partial charge is 0.478 e. The Morgan fingerprint density at radius 1 is 1.44 bits per heavy atom. The van der Waals surface area contributed by atoms with E-state index < -0.39 is 16.0 Å². The molecule has 0 fully saturated rings. The molecule has 0 radical (unpaired) electrons. The first kappa shape index (κ1) is 12.3. The maximum Gasteiger partial charge on any atom is 0.335 e. The van der Waals surface area contributed by atoms with Crippen LogP contribution < -0.4 is 4.72 Å². The minimum Gasteiger partial charge on any atom is -0.478 e. The Morgan fingerprint density at radius 2 is 2.06 bits per heavy atom. The van der Waals surface area contributed by atoms with Crippen molar-refractivity contribution in [3.63, 3.8) is 0 Å². The van der Waals surface area contributed by atoms with Gasteiger partial charge in [-0.3, -0.25) is 4.72 Å². The molecule has 0 spiro atoms. The molecule has 86 valence electrons. The standard InChI is InChI=1S/C10H11NO4S/c1-7(10(12)13)8-4-3-5-9(6-8)11-16(2,14)15/h3-6,11H,1H2,2H3,(H,12,13). The van der Waals surface area contributed by atoms with E-state index >= 15 is 0 Å². The van der Waals surface area contributed by atoms with Gasteiger partial charge in [0.25, 0.3) is 0 Å². The number of carboxylic acid groups (broad SMARTS) is 1. The molecule has 0 saturated carbocycles. The van der Waals surface area contributed by atoms with Gasteiger partial charge in [0.1, 0.15) is 0 Å². The van der Waals surface area contributed by atoms with E-state index in [0.29, 0.717) is 11.3 Å². The first-order chi connectivity index (χ1) is 7.29. The number of carboxylic acids is 1. The van der Waals surface area contributed by atoms with Gasteiger partial charge < -0.3 is 5.11 Å². The zero-order chi connectivity index (χ0) is 12.3. The normalized spacial score (nSPS) is 10.8. The van der Waals surface area contributed by atoms with Gasteiger partial charge in [0, 0.05) is 5.69 Å². The highest BCUT2D eigenvalue weighted by molar-refractivity contribution is 7.92. The van der Waals surface area contributed by atoms with Gasteiger partial charge in [0.15, 0.2) is 0 Å². The summed E-state index contributed by atoms with van der Waals surface area (Å²) in [5.41, 5.74) is 0.584. The van der Waals surface area contributed by atoms with Crippen LogP contribution >= 0.6 is 0 Å². The fraction of sp³-hybridized carbons (Fsp3) is 0.100. The van der Waals surface area contributed by atoms with E-state index in [2.05, 4.69) is 11.3 Å². The van der Waals surface area contributed by atoms with Crippen LogP contribution in [-0.4, -0.2) is 25.7 Å². The van der Waals surface area contributed by atoms with E-state index in [1.54, 1.807) is 12.1 Å². The highest BCUT2D eigenvalue weighted by Gasteiger charge is 2.08. The topological polar surface area (TPSA) is 83.5 Å². The predicted octanol–water partition coefficient (Wildman–Crippen LogP) is 1.16. The van der Waals surface area contributed by atoms with Gasteiger partial charge in [0.2, 0.25) is 10.0 Å². The maximum absolute atomic E-state index is 11.0. The number of benzene rings is 1. The molecule has 0 heterocycles. The molecule has 0 amide bonds. The molecule has 0 aromatic heterocycles. The van der Waals surface area contributed by atoms with E-state index in [1.807, 2.05) is 0 Å². The third-order valence-electron chi connectivity index (χ3n) is 1.77. The van der Waals surface area contributed by atoms with E-state index in [-0.39, 0.29) is 5.57 Å². The SMILES string of the molecule is C=C(C(=O)O)c1cccc(NS(C)(=O)=O)c1. The van der Waals surface area contributed by atoms with Gasteiger partial charge in [-0.25, -0.2) is 13.2 Å². The molecular formula is C10H11NO4S. The summed E-state index contributed by atoms with van der Waals surface area (Å²) < 4.78 is 24.2. The number of carbonyl (C=O) groups is 1. The quantitative estimate of drug-likeness (QED) is 0.775. The lowest BCUT2D eigenvalue weighted by Crippen LogP contribution is -2.09. The third-order valence-corrected chi connectivity index (χ3v) is 2.38. The fourth-order valence-corrected chi connectivity index (χ4v) is 1.66. The van der Waals surface area contributed by atoms with Crippen LogP contribution in [0.5, 0.6) is 0 Å². The van der Waals surface area contributed by atoms with Gasteiger partial charge in [-0.2, -0.15) is 0 Å². The lowest BCUT2D eigenvalue weighted by atomic mass is 10.1. The van der Waals surface area contributed by atoms with Crippen LogP contribution in [-0.2, 0) is 14.8 Å². The van der Waals surface area contributed by atoms with Crippen LogP contribution in [0.2, 0.25) is 0 Å². The van der Waals surface area contributed by atoms with Gasteiger partial charge in [-0.05, 0) is 17.7 Å². The van der Waals surface area contributed by atoms with Crippen molar-refractivity contribution in [3.8, 4) is 0 Å². The molecular weight excluding hydrogens is 230 g/mol.